The van der Waals surface area contributed by atoms with Crippen molar-refractivity contribution in [3.63, 3.8) is 0 Å². The van der Waals surface area contributed by atoms with Crippen LogP contribution < -0.4 is 10.6 Å². The molecule has 4 N–H and O–H groups in total. The highest BCUT2D eigenvalue weighted by Crippen LogP contribution is 2.74. The molecular weight excluding hydrogens is 764 g/mol. The number of hydrogen-bond donors (Lipinski definition) is 4. The summed E-state index contributed by atoms with van der Waals surface area (Å²) in [7, 11) is 0. The molecule has 0 radical (unpaired) electrons. The summed E-state index contributed by atoms with van der Waals surface area (Å²) < 4.78 is 0. The van der Waals surface area contributed by atoms with E-state index in [-0.39, 0.29) is 81.7 Å². The number of aliphatic carboxylic acids is 1. The lowest BCUT2D eigenvalue weighted by atomic mass is 9.35. The molecule has 5 fully saturated rings. The van der Waals surface area contributed by atoms with Gasteiger partial charge in [-0.25, -0.2) is 0 Å². The summed E-state index contributed by atoms with van der Waals surface area (Å²) in [5.41, 5.74) is 1.29. The van der Waals surface area contributed by atoms with Crippen LogP contribution in [0.15, 0.2) is 29.3 Å². The number of carboxylic acid groups (broad SMARTS) is 1. The highest BCUT2D eigenvalue weighted by molar-refractivity contribution is 6.30. The second-order valence-electron chi connectivity index (χ2n) is 22.2. The lowest BCUT2D eigenvalue weighted by Gasteiger charge is -2.69. The number of allylic oxidation sites excluding steroid dienone is 2. The van der Waals surface area contributed by atoms with Gasteiger partial charge in [-0.05, 0) is 153 Å². The first-order chi connectivity index (χ1) is 27.5. The topological polar surface area (TPSA) is 150 Å². The molecule has 0 spiro atoms. The van der Waals surface area contributed by atoms with Crippen molar-refractivity contribution < 1.29 is 34.2 Å². The summed E-state index contributed by atoms with van der Waals surface area (Å²) in [6, 6.07) is 4.35. The number of Topliss-reactive ketones (excluding diaryl/α,β-unsaturated/α-hetero) is 2. The van der Waals surface area contributed by atoms with Gasteiger partial charge in [0.05, 0.1) is 17.0 Å². The Morgan fingerprint density at radius 3 is 2.27 bits per heavy atom. The molecule has 0 saturated heterocycles. The number of aromatic hydroxyl groups is 1. The number of phenols is 1. The molecule has 1 aromatic rings. The minimum atomic E-state index is -0.812. The molecule has 0 aromatic heterocycles. The maximum absolute atomic E-state index is 14.1. The van der Waals surface area contributed by atoms with Crippen LogP contribution in [0, 0.1) is 74.9 Å². The molecule has 2 amide bonds. The van der Waals surface area contributed by atoms with Crippen molar-refractivity contribution in [1.82, 2.24) is 10.6 Å². The molecule has 6 aliphatic carbocycles. The van der Waals surface area contributed by atoms with Crippen LogP contribution in [0.5, 0.6) is 5.75 Å². The zero-order chi connectivity index (χ0) is 43.2. The number of phenolic OH excluding ortho intramolecular Hbond substituents is 1. The summed E-state index contributed by atoms with van der Waals surface area (Å²) >= 11 is 5.96. The summed E-state index contributed by atoms with van der Waals surface area (Å²) in [6.07, 6.45) is 9.99. The van der Waals surface area contributed by atoms with Gasteiger partial charge in [-0.2, -0.15) is 0 Å². The lowest BCUT2D eigenvalue weighted by Crippen LogP contribution is -2.62. The zero-order valence-corrected chi connectivity index (χ0v) is 37.7. The fourth-order valence-electron chi connectivity index (χ4n) is 14.8. The summed E-state index contributed by atoms with van der Waals surface area (Å²) in [6.45, 7) is 20.0. The van der Waals surface area contributed by atoms with Gasteiger partial charge in [0.15, 0.2) is 5.78 Å². The number of carbonyl (C=O) groups excluding carboxylic acids is 4. The van der Waals surface area contributed by atoms with Gasteiger partial charge in [0, 0.05) is 42.2 Å². The van der Waals surface area contributed by atoms with E-state index in [1.165, 1.54) is 17.7 Å². The number of carboxylic acids is 1. The number of carbonyl (C=O) groups is 5. The number of ketones is 2. The Bertz CT molecular complexity index is 1950. The maximum atomic E-state index is 14.1. The molecule has 324 valence electrons. The third-order valence-corrected chi connectivity index (χ3v) is 18.1. The normalized spacial score (nSPS) is 37.4. The van der Waals surface area contributed by atoms with E-state index in [1.54, 1.807) is 6.07 Å². The number of halogens is 1. The number of benzene rings is 1. The fraction of sp³-hybridized carbons (Fsp3) is 0.735. The predicted octanol–water partition coefficient (Wildman–Crippen LogP) is 9.58. The van der Waals surface area contributed by atoms with Crippen molar-refractivity contribution in [2.45, 2.75) is 145 Å². The van der Waals surface area contributed by atoms with Crippen LogP contribution in [0.25, 0.3) is 0 Å². The van der Waals surface area contributed by atoms with Crippen LogP contribution in [0.3, 0.4) is 0 Å². The van der Waals surface area contributed by atoms with E-state index in [2.05, 4.69) is 52.2 Å². The van der Waals surface area contributed by atoms with E-state index in [0.717, 1.165) is 56.9 Å². The van der Waals surface area contributed by atoms with E-state index < -0.39 is 28.7 Å². The van der Waals surface area contributed by atoms with Crippen LogP contribution in [-0.2, 0) is 19.2 Å². The van der Waals surface area contributed by atoms with Crippen molar-refractivity contribution in [2.75, 3.05) is 6.54 Å². The molecule has 59 heavy (non-hydrogen) atoms. The Morgan fingerprint density at radius 1 is 0.932 bits per heavy atom. The quantitative estimate of drug-likeness (QED) is 0.174. The molecule has 1 aromatic carbocycles. The Balaban J connectivity index is 1.06. The van der Waals surface area contributed by atoms with Crippen molar-refractivity contribution in [1.29, 1.82) is 0 Å². The smallest absolute Gasteiger partial charge is 0.306 e. The van der Waals surface area contributed by atoms with Crippen molar-refractivity contribution in [2.24, 2.45) is 74.9 Å². The molecule has 0 heterocycles. The fourth-order valence-corrected chi connectivity index (χ4v) is 15.0. The average molecular weight is 834 g/mol. The average Bonchev–Trinajstić information content (AvgIpc) is 3.42. The first kappa shape index (κ1) is 43.9. The molecule has 7 rings (SSSR count). The summed E-state index contributed by atoms with van der Waals surface area (Å²) in [5, 5.41) is 26.2. The van der Waals surface area contributed by atoms with Crippen molar-refractivity contribution in [3.05, 3.63) is 39.9 Å². The second kappa shape index (κ2) is 15.3. The number of nitrogens with one attached hydrogen (secondary N) is 2. The standard InChI is InChI=1S/C49H69ClN2O7/c1-26(2)41-37(55)23-49(24-40(56)51-25-45(4,5)52-43(57)31-11-10-29(50)21-36(31)54)19-15-34-30(42(41)49)12-13-39-47(34,8)18-16-38-46(6,7)28(14-17-48(38,39)9)20-35(53)32-22-33(27(32)3)44(58)59/h10-11,21,26-28,30,32-34,38-39,54H,12-20,22-25H2,1-9H3,(H,51,56)(H,52,57)(H,58,59). The molecule has 0 bridgehead atoms. The van der Waals surface area contributed by atoms with Gasteiger partial charge < -0.3 is 20.8 Å². The molecule has 9 nitrogen and oxygen atoms in total. The highest BCUT2D eigenvalue weighted by Gasteiger charge is 2.66. The molecule has 11 atom stereocenters. The second-order valence-corrected chi connectivity index (χ2v) is 22.6. The van der Waals surface area contributed by atoms with Gasteiger partial charge in [-0.1, -0.05) is 65.6 Å². The molecular formula is C49H69ClN2O7. The van der Waals surface area contributed by atoms with Gasteiger partial charge in [0.2, 0.25) is 5.91 Å². The highest BCUT2D eigenvalue weighted by atomic mass is 35.5. The number of rotatable bonds is 11. The maximum Gasteiger partial charge on any atom is 0.306 e. The summed E-state index contributed by atoms with van der Waals surface area (Å²) in [4.78, 5) is 66.3. The minimum absolute atomic E-state index is 0.00465. The van der Waals surface area contributed by atoms with Gasteiger partial charge in [0.1, 0.15) is 11.5 Å². The number of amides is 2. The third kappa shape index (κ3) is 7.39. The van der Waals surface area contributed by atoms with Gasteiger partial charge in [-0.15, -0.1) is 0 Å². The van der Waals surface area contributed by atoms with E-state index >= 15 is 0 Å². The Morgan fingerprint density at radius 2 is 1.63 bits per heavy atom. The van der Waals surface area contributed by atoms with Gasteiger partial charge in [0.25, 0.3) is 5.91 Å². The first-order valence-electron chi connectivity index (χ1n) is 22.6. The van der Waals surface area contributed by atoms with Gasteiger partial charge in [-0.3, -0.25) is 24.0 Å². The largest absolute Gasteiger partial charge is 0.507 e. The van der Waals surface area contributed by atoms with Gasteiger partial charge >= 0.3 is 5.97 Å². The Hall–Kier alpha value is -3.20. The Labute approximate surface area is 356 Å². The predicted molar refractivity (Wildman–Crippen MR) is 229 cm³/mol. The molecule has 10 heteroatoms. The van der Waals surface area contributed by atoms with E-state index in [1.807, 2.05) is 20.8 Å². The zero-order valence-electron chi connectivity index (χ0n) is 36.9. The van der Waals surface area contributed by atoms with E-state index in [0.29, 0.717) is 48.0 Å². The molecule has 6 aliphatic rings. The van der Waals surface area contributed by atoms with Crippen LogP contribution in [-0.4, -0.2) is 51.6 Å². The SMILES string of the molecule is CC(C)C1=C2C3CCC4C(C)(CCC5C(C)(C)C(CC(=O)C6CC(C(=O)O)C6C)CCC54C)C3CCC2(CC(=O)NCC(C)(C)NC(=O)c2ccc(Cl)cc2O)CC1=O. The van der Waals surface area contributed by atoms with Crippen LogP contribution in [0.1, 0.15) is 150 Å². The minimum Gasteiger partial charge on any atom is -0.507 e. The lowest BCUT2D eigenvalue weighted by molar-refractivity contribution is -0.193. The van der Waals surface area contributed by atoms with Crippen molar-refractivity contribution in [3.8, 4) is 5.75 Å². The van der Waals surface area contributed by atoms with E-state index in [4.69, 9.17) is 11.6 Å². The molecule has 0 aliphatic heterocycles. The molecule has 5 saturated carbocycles. The molecule has 11 unspecified atom stereocenters. The third-order valence-electron chi connectivity index (χ3n) is 17.8. The number of fused-ring (bicyclic) bond motifs is 7. The van der Waals surface area contributed by atoms with Crippen LogP contribution >= 0.6 is 11.6 Å². The van der Waals surface area contributed by atoms with Crippen LogP contribution in [0.2, 0.25) is 5.02 Å². The number of hydrogen-bond acceptors (Lipinski definition) is 6. The Kier molecular flexibility index (Phi) is 11.4. The van der Waals surface area contributed by atoms with Crippen LogP contribution in [0.4, 0.5) is 0 Å². The van der Waals surface area contributed by atoms with Crippen molar-refractivity contribution >= 4 is 41.0 Å². The summed E-state index contributed by atoms with van der Waals surface area (Å²) in [5.74, 6) is 0.416. The first-order valence-corrected chi connectivity index (χ1v) is 22.9. The monoisotopic (exact) mass is 832 g/mol. The van der Waals surface area contributed by atoms with E-state index in [9.17, 15) is 34.2 Å².